The number of pyridine rings is 1. The highest BCUT2D eigenvalue weighted by atomic mass is 79.9. The minimum Gasteiger partial charge on any atom is -0.320 e. The van der Waals surface area contributed by atoms with Crippen LogP contribution in [0.1, 0.15) is 39.8 Å². The van der Waals surface area contributed by atoms with E-state index >= 15 is 0 Å². The summed E-state index contributed by atoms with van der Waals surface area (Å²) in [5.41, 5.74) is 6.18. The molecule has 0 saturated heterocycles. The molecule has 0 atom stereocenters. The lowest BCUT2D eigenvalue weighted by Crippen LogP contribution is -2.17. The zero-order valence-electron chi connectivity index (χ0n) is 14.3. The number of halogens is 1. The minimum atomic E-state index is -0.137. The standard InChI is InChI=1S/C19H20BrN3O/c1-5-14-8-6-7-12(3)16(14)22-19(24)17-13(4)21-18-15(20)9-11(2)10-23(17)18/h6-10H,5H2,1-4H3,(H,22,24). The number of aryl methyl sites for hydroxylation is 4. The number of nitrogens with one attached hydrogen (secondary N) is 1. The second kappa shape index (κ2) is 6.40. The van der Waals surface area contributed by atoms with Crippen LogP contribution in [0.25, 0.3) is 5.65 Å². The molecule has 24 heavy (non-hydrogen) atoms. The van der Waals surface area contributed by atoms with E-state index in [9.17, 15) is 4.79 Å². The quantitative estimate of drug-likeness (QED) is 0.701. The maximum atomic E-state index is 13.0. The van der Waals surface area contributed by atoms with E-state index in [0.717, 1.165) is 38.9 Å². The summed E-state index contributed by atoms with van der Waals surface area (Å²) in [5.74, 6) is -0.137. The van der Waals surface area contributed by atoms with Gasteiger partial charge >= 0.3 is 0 Å². The van der Waals surface area contributed by atoms with E-state index in [2.05, 4.69) is 33.2 Å². The summed E-state index contributed by atoms with van der Waals surface area (Å²) in [6, 6.07) is 8.07. The molecule has 0 aliphatic rings. The molecule has 0 unspecified atom stereocenters. The summed E-state index contributed by atoms with van der Waals surface area (Å²) in [6.45, 7) is 7.96. The van der Waals surface area contributed by atoms with E-state index in [0.29, 0.717) is 11.4 Å². The second-order valence-corrected chi connectivity index (χ2v) is 6.88. The molecule has 3 aromatic rings. The van der Waals surface area contributed by atoms with Gasteiger partial charge in [0.1, 0.15) is 5.69 Å². The van der Waals surface area contributed by atoms with Crippen molar-refractivity contribution in [3.8, 4) is 0 Å². The zero-order chi connectivity index (χ0) is 17.4. The first-order chi connectivity index (χ1) is 11.4. The van der Waals surface area contributed by atoms with E-state index in [-0.39, 0.29) is 5.91 Å². The van der Waals surface area contributed by atoms with Crippen molar-refractivity contribution < 1.29 is 4.79 Å². The monoisotopic (exact) mass is 385 g/mol. The van der Waals surface area contributed by atoms with Gasteiger partial charge in [-0.25, -0.2) is 4.98 Å². The van der Waals surface area contributed by atoms with Crippen LogP contribution < -0.4 is 5.32 Å². The Morgan fingerprint density at radius 1 is 1.29 bits per heavy atom. The van der Waals surface area contributed by atoms with Crippen LogP contribution in [-0.2, 0) is 6.42 Å². The summed E-state index contributed by atoms with van der Waals surface area (Å²) in [7, 11) is 0. The number of carbonyl (C=O) groups is 1. The SMILES string of the molecule is CCc1cccc(C)c1NC(=O)c1c(C)nc2c(Br)cc(C)cn12. The highest BCUT2D eigenvalue weighted by molar-refractivity contribution is 9.10. The van der Waals surface area contributed by atoms with E-state index < -0.39 is 0 Å². The van der Waals surface area contributed by atoms with Crippen molar-refractivity contribution in [2.24, 2.45) is 0 Å². The molecule has 1 amide bonds. The molecule has 0 radical (unpaired) electrons. The van der Waals surface area contributed by atoms with E-state index in [1.807, 2.05) is 55.6 Å². The maximum Gasteiger partial charge on any atom is 0.274 e. The summed E-state index contributed by atoms with van der Waals surface area (Å²) >= 11 is 3.53. The molecule has 0 spiro atoms. The number of para-hydroxylation sites is 1. The van der Waals surface area contributed by atoms with Crippen molar-refractivity contribution in [2.45, 2.75) is 34.1 Å². The van der Waals surface area contributed by atoms with Crippen molar-refractivity contribution in [2.75, 3.05) is 5.32 Å². The summed E-state index contributed by atoms with van der Waals surface area (Å²) in [6.07, 6.45) is 2.81. The van der Waals surface area contributed by atoms with Gasteiger partial charge in [-0.1, -0.05) is 25.1 Å². The molecule has 2 aromatic heterocycles. The fourth-order valence-corrected chi connectivity index (χ4v) is 3.63. The van der Waals surface area contributed by atoms with Crippen LogP contribution in [0, 0.1) is 20.8 Å². The number of amides is 1. The third-order valence-electron chi connectivity index (χ3n) is 4.18. The van der Waals surface area contributed by atoms with Crippen molar-refractivity contribution in [1.29, 1.82) is 0 Å². The van der Waals surface area contributed by atoms with Gasteiger partial charge in [0.15, 0.2) is 5.65 Å². The lowest BCUT2D eigenvalue weighted by molar-refractivity contribution is 0.102. The number of hydrogen-bond acceptors (Lipinski definition) is 2. The Labute approximate surface area is 150 Å². The maximum absolute atomic E-state index is 13.0. The highest BCUT2D eigenvalue weighted by Crippen LogP contribution is 2.25. The number of fused-ring (bicyclic) bond motifs is 1. The van der Waals surface area contributed by atoms with Crippen LogP contribution in [0.2, 0.25) is 0 Å². The molecule has 124 valence electrons. The number of anilines is 1. The predicted molar refractivity (Wildman–Crippen MR) is 101 cm³/mol. The van der Waals surface area contributed by atoms with Gasteiger partial charge in [0.05, 0.1) is 10.2 Å². The van der Waals surface area contributed by atoms with Gasteiger partial charge in [-0.05, 0) is 65.9 Å². The third-order valence-corrected chi connectivity index (χ3v) is 4.76. The highest BCUT2D eigenvalue weighted by Gasteiger charge is 2.19. The molecular formula is C19H20BrN3O. The average molecular weight is 386 g/mol. The Balaban J connectivity index is 2.09. The molecule has 1 N–H and O–H groups in total. The van der Waals surface area contributed by atoms with Crippen LogP contribution in [0.4, 0.5) is 5.69 Å². The lowest BCUT2D eigenvalue weighted by Gasteiger charge is -2.13. The van der Waals surface area contributed by atoms with Gasteiger partial charge in [-0.2, -0.15) is 0 Å². The van der Waals surface area contributed by atoms with Crippen LogP contribution in [-0.4, -0.2) is 15.3 Å². The number of hydrogen-bond donors (Lipinski definition) is 1. The van der Waals surface area contributed by atoms with E-state index in [1.165, 1.54) is 0 Å². The van der Waals surface area contributed by atoms with Crippen LogP contribution >= 0.6 is 15.9 Å². The number of imidazole rings is 1. The predicted octanol–water partition coefficient (Wildman–Crippen LogP) is 4.84. The molecule has 0 saturated carbocycles. The Hall–Kier alpha value is -2.14. The van der Waals surface area contributed by atoms with Crippen molar-refractivity contribution in [3.63, 3.8) is 0 Å². The molecule has 2 heterocycles. The number of rotatable bonds is 3. The molecular weight excluding hydrogens is 366 g/mol. The van der Waals surface area contributed by atoms with E-state index in [1.54, 1.807) is 0 Å². The molecule has 1 aromatic carbocycles. The zero-order valence-corrected chi connectivity index (χ0v) is 15.9. The number of benzene rings is 1. The third kappa shape index (κ3) is 2.84. The largest absolute Gasteiger partial charge is 0.320 e. The summed E-state index contributed by atoms with van der Waals surface area (Å²) < 4.78 is 2.74. The topological polar surface area (TPSA) is 46.4 Å². The summed E-state index contributed by atoms with van der Waals surface area (Å²) in [4.78, 5) is 17.5. The molecule has 0 aliphatic heterocycles. The fraction of sp³-hybridized carbons (Fsp3) is 0.263. The summed E-state index contributed by atoms with van der Waals surface area (Å²) in [5, 5.41) is 3.09. The molecule has 5 heteroatoms. The molecule has 3 rings (SSSR count). The normalized spacial score (nSPS) is 11.0. The Bertz CT molecular complexity index is 943. The minimum absolute atomic E-state index is 0.137. The fourth-order valence-electron chi connectivity index (χ4n) is 2.99. The first-order valence-corrected chi connectivity index (χ1v) is 8.76. The van der Waals surface area contributed by atoms with Gasteiger partial charge in [-0.15, -0.1) is 0 Å². The van der Waals surface area contributed by atoms with Crippen LogP contribution in [0.3, 0.4) is 0 Å². The first-order valence-electron chi connectivity index (χ1n) is 7.97. The van der Waals surface area contributed by atoms with Gasteiger partial charge < -0.3 is 5.32 Å². The van der Waals surface area contributed by atoms with Gasteiger partial charge in [0.2, 0.25) is 0 Å². The molecule has 0 aliphatic carbocycles. The van der Waals surface area contributed by atoms with Gasteiger partial charge in [0, 0.05) is 11.9 Å². The van der Waals surface area contributed by atoms with Crippen LogP contribution in [0.5, 0.6) is 0 Å². The van der Waals surface area contributed by atoms with Crippen molar-refractivity contribution in [1.82, 2.24) is 9.38 Å². The second-order valence-electron chi connectivity index (χ2n) is 6.02. The molecule has 4 nitrogen and oxygen atoms in total. The Kier molecular flexibility index (Phi) is 4.45. The smallest absolute Gasteiger partial charge is 0.274 e. The number of carbonyl (C=O) groups excluding carboxylic acids is 1. The molecule has 0 bridgehead atoms. The van der Waals surface area contributed by atoms with Crippen molar-refractivity contribution in [3.05, 3.63) is 63.0 Å². The number of nitrogens with zero attached hydrogens (tertiary/aromatic N) is 2. The van der Waals surface area contributed by atoms with Crippen molar-refractivity contribution >= 4 is 33.2 Å². The average Bonchev–Trinajstić information content (AvgIpc) is 2.85. The molecule has 0 fully saturated rings. The first kappa shape index (κ1) is 16.7. The Morgan fingerprint density at radius 3 is 2.75 bits per heavy atom. The number of aromatic nitrogens is 2. The Morgan fingerprint density at radius 2 is 2.04 bits per heavy atom. The lowest BCUT2D eigenvalue weighted by atomic mass is 10.1. The van der Waals surface area contributed by atoms with Crippen LogP contribution in [0.15, 0.2) is 34.9 Å². The van der Waals surface area contributed by atoms with E-state index in [4.69, 9.17) is 0 Å². The van der Waals surface area contributed by atoms with Gasteiger partial charge in [0.25, 0.3) is 5.91 Å². The van der Waals surface area contributed by atoms with Gasteiger partial charge in [-0.3, -0.25) is 9.20 Å².